The van der Waals surface area contributed by atoms with Crippen LogP contribution in [0, 0.1) is 0 Å². The highest BCUT2D eigenvalue weighted by molar-refractivity contribution is 5.91. The summed E-state index contributed by atoms with van der Waals surface area (Å²) >= 11 is 0. The van der Waals surface area contributed by atoms with Gasteiger partial charge in [0.1, 0.15) is 0 Å². The van der Waals surface area contributed by atoms with E-state index in [0.29, 0.717) is 17.7 Å². The number of piperidine rings is 1. The van der Waals surface area contributed by atoms with Gasteiger partial charge in [-0.1, -0.05) is 19.0 Å². The molecule has 1 aromatic heterocycles. The van der Waals surface area contributed by atoms with Gasteiger partial charge in [0.25, 0.3) is 5.91 Å². The quantitative estimate of drug-likeness (QED) is 0.904. The first-order valence-electron chi connectivity index (χ1n) is 7.08. The summed E-state index contributed by atoms with van der Waals surface area (Å²) in [7, 11) is 1.94. The van der Waals surface area contributed by atoms with E-state index in [1.54, 1.807) is 6.07 Å². The number of likely N-dealkylation sites (N-methyl/N-ethyl adjacent to an activating group) is 1. The van der Waals surface area contributed by atoms with E-state index < -0.39 is 0 Å². The van der Waals surface area contributed by atoms with E-state index in [4.69, 9.17) is 4.52 Å². The van der Waals surface area contributed by atoms with Crippen molar-refractivity contribution in [1.82, 2.24) is 15.4 Å². The molecule has 0 bridgehead atoms. The van der Waals surface area contributed by atoms with E-state index in [0.717, 1.165) is 38.0 Å². The number of carbonyl (C=O) groups is 1. The SMILES string of the molecule is CC[C@H](C)c1cc(C(=O)N2CCC[C@@H](NC)C2)on1. The Morgan fingerprint density at radius 1 is 1.68 bits per heavy atom. The Morgan fingerprint density at radius 3 is 3.16 bits per heavy atom. The van der Waals surface area contributed by atoms with Gasteiger partial charge in [0.05, 0.1) is 5.69 Å². The molecule has 0 spiro atoms. The lowest BCUT2D eigenvalue weighted by Crippen LogP contribution is -2.46. The number of nitrogens with zero attached hydrogens (tertiary/aromatic N) is 2. The molecule has 0 aromatic carbocycles. The van der Waals surface area contributed by atoms with Crippen LogP contribution in [0.4, 0.5) is 0 Å². The predicted octanol–water partition coefficient (Wildman–Crippen LogP) is 2.01. The van der Waals surface area contributed by atoms with E-state index >= 15 is 0 Å². The Hall–Kier alpha value is -1.36. The fraction of sp³-hybridized carbons (Fsp3) is 0.714. The zero-order valence-electron chi connectivity index (χ0n) is 12.0. The monoisotopic (exact) mass is 265 g/mol. The largest absolute Gasteiger partial charge is 0.351 e. The second-order valence-corrected chi connectivity index (χ2v) is 5.30. The summed E-state index contributed by atoms with van der Waals surface area (Å²) in [5.74, 6) is 0.658. The van der Waals surface area contributed by atoms with Crippen molar-refractivity contribution in [3.63, 3.8) is 0 Å². The average molecular weight is 265 g/mol. The summed E-state index contributed by atoms with van der Waals surface area (Å²) in [4.78, 5) is 14.2. The number of hydrogen-bond donors (Lipinski definition) is 1. The summed E-state index contributed by atoms with van der Waals surface area (Å²) in [5.41, 5.74) is 0.869. The van der Waals surface area contributed by atoms with Crippen molar-refractivity contribution >= 4 is 5.91 Å². The average Bonchev–Trinajstić information content (AvgIpc) is 2.95. The normalized spacial score (nSPS) is 21.4. The highest BCUT2D eigenvalue weighted by atomic mass is 16.5. The summed E-state index contributed by atoms with van der Waals surface area (Å²) in [6, 6.07) is 2.18. The van der Waals surface area contributed by atoms with Crippen LogP contribution in [-0.2, 0) is 0 Å². The Labute approximate surface area is 114 Å². The van der Waals surface area contributed by atoms with Crippen molar-refractivity contribution in [3.05, 3.63) is 17.5 Å². The van der Waals surface area contributed by atoms with E-state index in [1.807, 2.05) is 11.9 Å². The van der Waals surface area contributed by atoms with Crippen LogP contribution in [0.1, 0.15) is 55.3 Å². The lowest BCUT2D eigenvalue weighted by atomic mass is 10.0. The molecule has 0 aliphatic carbocycles. The molecule has 5 heteroatoms. The minimum atomic E-state index is -0.0398. The number of likely N-dealkylation sites (tertiary alicyclic amines) is 1. The first-order chi connectivity index (χ1) is 9.15. The van der Waals surface area contributed by atoms with Gasteiger partial charge in [-0.2, -0.15) is 0 Å². The summed E-state index contributed by atoms with van der Waals surface area (Å²) in [6.45, 7) is 5.73. The van der Waals surface area contributed by atoms with Gasteiger partial charge >= 0.3 is 0 Å². The van der Waals surface area contributed by atoms with Crippen LogP contribution >= 0.6 is 0 Å². The molecule has 1 N–H and O–H groups in total. The third-order valence-electron chi connectivity index (χ3n) is 3.97. The van der Waals surface area contributed by atoms with Gasteiger partial charge in [0.15, 0.2) is 0 Å². The fourth-order valence-corrected chi connectivity index (χ4v) is 2.38. The lowest BCUT2D eigenvalue weighted by molar-refractivity contribution is 0.0656. The Balaban J connectivity index is 2.04. The van der Waals surface area contributed by atoms with E-state index in [1.165, 1.54) is 0 Å². The highest BCUT2D eigenvalue weighted by Crippen LogP contribution is 2.20. The molecular formula is C14H23N3O2. The summed E-state index contributed by atoms with van der Waals surface area (Å²) in [6.07, 6.45) is 3.14. The third kappa shape index (κ3) is 3.15. The molecule has 106 valence electrons. The topological polar surface area (TPSA) is 58.4 Å². The molecule has 2 rings (SSSR count). The van der Waals surface area contributed by atoms with E-state index in [9.17, 15) is 4.79 Å². The number of carbonyl (C=O) groups excluding carboxylic acids is 1. The molecule has 0 unspecified atom stereocenters. The molecule has 2 atom stereocenters. The molecule has 1 fully saturated rings. The van der Waals surface area contributed by atoms with Gasteiger partial charge < -0.3 is 14.7 Å². The maximum atomic E-state index is 12.3. The Kier molecular flexibility index (Phi) is 4.58. The van der Waals surface area contributed by atoms with Crippen LogP contribution in [0.2, 0.25) is 0 Å². The van der Waals surface area contributed by atoms with Crippen molar-refractivity contribution in [1.29, 1.82) is 0 Å². The number of amides is 1. The molecule has 1 saturated heterocycles. The van der Waals surface area contributed by atoms with Crippen LogP contribution in [0.25, 0.3) is 0 Å². The van der Waals surface area contributed by atoms with Crippen LogP contribution < -0.4 is 5.32 Å². The zero-order valence-corrected chi connectivity index (χ0v) is 12.0. The van der Waals surface area contributed by atoms with Gasteiger partial charge in [-0.25, -0.2) is 0 Å². The van der Waals surface area contributed by atoms with E-state index in [-0.39, 0.29) is 5.91 Å². The molecule has 19 heavy (non-hydrogen) atoms. The fourth-order valence-electron chi connectivity index (χ4n) is 2.38. The summed E-state index contributed by atoms with van der Waals surface area (Å²) in [5, 5.41) is 7.24. The van der Waals surface area contributed by atoms with Crippen molar-refractivity contribution in [2.45, 2.75) is 45.1 Å². The number of hydrogen-bond acceptors (Lipinski definition) is 4. The molecule has 0 saturated carbocycles. The minimum absolute atomic E-state index is 0.0398. The van der Waals surface area contributed by atoms with Crippen molar-refractivity contribution in [2.24, 2.45) is 0 Å². The molecule has 1 aliphatic rings. The summed E-state index contributed by atoms with van der Waals surface area (Å²) < 4.78 is 5.21. The number of rotatable bonds is 4. The standard InChI is InChI=1S/C14H23N3O2/c1-4-10(2)12-8-13(19-16-12)14(18)17-7-5-6-11(9-17)15-3/h8,10-11,15H,4-7,9H2,1-3H3/t10-,11+/m0/s1. The molecular weight excluding hydrogens is 242 g/mol. The maximum absolute atomic E-state index is 12.3. The molecule has 5 nitrogen and oxygen atoms in total. The molecule has 1 aromatic rings. The van der Waals surface area contributed by atoms with Gasteiger partial charge in [-0.05, 0) is 26.3 Å². The predicted molar refractivity (Wildman–Crippen MR) is 73.2 cm³/mol. The third-order valence-corrected chi connectivity index (χ3v) is 3.97. The van der Waals surface area contributed by atoms with Crippen LogP contribution in [-0.4, -0.2) is 42.1 Å². The lowest BCUT2D eigenvalue weighted by Gasteiger charge is -2.31. The molecule has 0 radical (unpaired) electrons. The zero-order chi connectivity index (χ0) is 13.8. The van der Waals surface area contributed by atoms with E-state index in [2.05, 4.69) is 24.3 Å². The van der Waals surface area contributed by atoms with Crippen LogP contribution in [0.15, 0.2) is 10.6 Å². The van der Waals surface area contributed by atoms with Gasteiger partial charge in [-0.3, -0.25) is 4.79 Å². The van der Waals surface area contributed by atoms with Gasteiger partial charge in [0.2, 0.25) is 5.76 Å². The second kappa shape index (κ2) is 6.19. The van der Waals surface area contributed by atoms with Crippen molar-refractivity contribution < 1.29 is 9.32 Å². The Bertz CT molecular complexity index is 430. The molecule has 1 amide bonds. The van der Waals surface area contributed by atoms with Gasteiger partial charge in [0, 0.05) is 31.1 Å². The Morgan fingerprint density at radius 2 is 2.47 bits per heavy atom. The maximum Gasteiger partial charge on any atom is 0.292 e. The number of nitrogens with one attached hydrogen (secondary N) is 1. The molecule has 2 heterocycles. The highest BCUT2D eigenvalue weighted by Gasteiger charge is 2.26. The first-order valence-corrected chi connectivity index (χ1v) is 7.08. The molecule has 1 aliphatic heterocycles. The first kappa shape index (κ1) is 14.1. The second-order valence-electron chi connectivity index (χ2n) is 5.30. The number of aromatic nitrogens is 1. The van der Waals surface area contributed by atoms with Crippen LogP contribution in [0.5, 0.6) is 0 Å². The smallest absolute Gasteiger partial charge is 0.292 e. The minimum Gasteiger partial charge on any atom is -0.351 e. The van der Waals surface area contributed by atoms with Gasteiger partial charge in [-0.15, -0.1) is 0 Å². The van der Waals surface area contributed by atoms with Crippen molar-refractivity contribution in [2.75, 3.05) is 20.1 Å². The van der Waals surface area contributed by atoms with Crippen molar-refractivity contribution in [3.8, 4) is 0 Å². The van der Waals surface area contributed by atoms with Crippen LogP contribution in [0.3, 0.4) is 0 Å².